The van der Waals surface area contributed by atoms with Crippen LogP contribution in [0.15, 0.2) is 0 Å². The zero-order chi connectivity index (χ0) is 40.7. The molecular formula is C14H11AlO35Ti. The summed E-state index contributed by atoms with van der Waals surface area (Å²) in [6.07, 6.45) is 0. The van der Waals surface area contributed by atoms with Crippen LogP contribution in [0.5, 0.6) is 0 Å². The molecule has 0 aromatic rings. The van der Waals surface area contributed by atoms with Crippen molar-refractivity contribution < 1.29 is 192 Å². The Morgan fingerprint density at radius 2 is 0.412 bits per heavy atom. The summed E-state index contributed by atoms with van der Waals surface area (Å²) in [4.78, 5) is 159. The molecule has 284 valence electrons. The van der Waals surface area contributed by atoms with E-state index in [2.05, 4.69) is 45.6 Å². The predicted octanol–water partition coefficient (Wildman–Crippen LogP) is -7.00. The van der Waals surface area contributed by atoms with Gasteiger partial charge in [0.05, 0.1) is 0 Å². The van der Waals surface area contributed by atoms with E-state index in [0.717, 1.165) is 0 Å². The molecule has 37 heteroatoms. The van der Waals surface area contributed by atoms with Crippen molar-refractivity contribution in [1.82, 2.24) is 0 Å². The van der Waals surface area contributed by atoms with Crippen molar-refractivity contribution in [3.63, 3.8) is 0 Å². The number of carbonyl (C=O) groups is 14. The molecule has 51 heavy (non-hydrogen) atoms. The van der Waals surface area contributed by atoms with E-state index in [0.29, 0.717) is 0 Å². The Morgan fingerprint density at radius 1 is 0.275 bits per heavy atom. The minimum absolute atomic E-state index is 0. The van der Waals surface area contributed by atoms with E-state index in [1.165, 1.54) is 0 Å². The molecule has 0 saturated carbocycles. The first-order valence-corrected chi connectivity index (χ1v) is 10.9. The van der Waals surface area contributed by atoms with Crippen LogP contribution in [0.1, 0.15) is 0 Å². The second-order valence-corrected chi connectivity index (χ2v) is 6.66. The summed E-state index contributed by atoms with van der Waals surface area (Å²) < 4.78 is 11.8. The number of aliphatic carboxylic acids is 4. The van der Waals surface area contributed by atoms with Gasteiger partial charge in [-0.25, -0.2) is 67.1 Å². The van der Waals surface area contributed by atoms with Gasteiger partial charge < -0.3 is 31.8 Å². The number of hydrogen-bond acceptors (Lipinski definition) is 31. The van der Waals surface area contributed by atoms with Crippen LogP contribution in [0.3, 0.4) is 0 Å². The van der Waals surface area contributed by atoms with Gasteiger partial charge in [-0.05, 0) is 0 Å². The summed E-state index contributed by atoms with van der Waals surface area (Å²) in [6, 6.07) is 0. The van der Waals surface area contributed by atoms with Crippen LogP contribution in [0, 0.1) is 0 Å². The van der Waals surface area contributed by atoms with Crippen LogP contribution in [-0.4, -0.2) is 156 Å². The quantitative estimate of drug-likeness (QED) is 0.0414. The van der Waals surface area contributed by atoms with E-state index >= 15 is 0 Å². The zero-order valence-electron chi connectivity index (χ0n) is 22.8. The number of carbonyl (C=O) groups excluding carboxylic acids is 10. The van der Waals surface area contributed by atoms with E-state index < -0.39 is 98.7 Å². The van der Waals surface area contributed by atoms with E-state index in [1.807, 2.05) is 0 Å². The Morgan fingerprint density at radius 3 is 0.490 bits per heavy atom. The fourth-order valence-corrected chi connectivity index (χ4v) is 1.70. The van der Waals surface area contributed by atoms with Crippen molar-refractivity contribution in [2.45, 2.75) is 0 Å². The molecular weight excluding hydrogens is 803 g/mol. The van der Waals surface area contributed by atoms with Crippen LogP contribution >= 0.6 is 0 Å². The second kappa shape index (κ2) is 33.4. The molecule has 0 fully saturated rings. The van der Waals surface area contributed by atoms with Crippen molar-refractivity contribution in [3.05, 3.63) is 0 Å². The molecule has 0 amide bonds. The molecule has 0 aromatic heterocycles. The van der Waals surface area contributed by atoms with Crippen molar-refractivity contribution in [3.8, 4) is 0 Å². The molecule has 0 aliphatic heterocycles. The number of carboxylic acid groups (broad SMARTS) is 4. The average Bonchev–Trinajstić information content (AvgIpc) is 3.09. The van der Waals surface area contributed by atoms with Gasteiger partial charge in [0.2, 0.25) is 0 Å². The normalized spacial score (nSPS) is 7.98. The molecule has 35 nitrogen and oxygen atoms in total. The van der Waals surface area contributed by atoms with E-state index in [4.69, 9.17) is 57.2 Å². The molecule has 0 bridgehead atoms. The molecule has 0 radical (unpaired) electrons. The Balaban J connectivity index is -0.000000143. The molecule has 0 saturated heterocycles. The van der Waals surface area contributed by atoms with E-state index in [9.17, 15) is 67.1 Å². The largest absolute Gasteiger partial charge is 1.20 e. The maximum Gasteiger partial charge on any atom is 1.20 e. The fraction of sp³-hybridized carbons (Fsp3) is 0. The van der Waals surface area contributed by atoms with Gasteiger partial charge in [-0.3, -0.25) is 34.2 Å². The minimum atomic E-state index is -4.40. The first-order chi connectivity index (χ1) is 23.0. The van der Waals surface area contributed by atoms with Crippen LogP contribution in [0.25, 0.3) is 0 Å². The Bertz CT molecular complexity index is 1110. The van der Waals surface area contributed by atoms with Crippen molar-refractivity contribution in [2.24, 2.45) is 0 Å². The summed E-state index contributed by atoms with van der Waals surface area (Å²) in [5.41, 5.74) is 0. The maximum atomic E-state index is 10.9. The zero-order valence-corrected chi connectivity index (χ0v) is 25.5. The minimum Gasteiger partial charge on any atom is -0.542 e. The standard InChI is InChI=1S/7C2H2O5.Al.Ti/c7*3-1(4)2(5)7-6;;/h7*6H,(H,3,4);;/q;;;;;;;+3;/p-3. The third-order valence-corrected chi connectivity index (χ3v) is 3.61. The topological polar surface area (TPSA) is 554 Å². The first-order valence-electron chi connectivity index (χ1n) is 9.53. The summed E-state index contributed by atoms with van der Waals surface area (Å²) >= 11 is -4.40. The second-order valence-electron chi connectivity index (χ2n) is 5.38. The van der Waals surface area contributed by atoms with Gasteiger partial charge in [-0.1, -0.05) is 0 Å². The fourth-order valence-electron chi connectivity index (χ4n) is 0.747. The Kier molecular flexibility index (Phi) is 37.3. The Hall–Kier alpha value is -6.45. The maximum absolute atomic E-state index is 10.9. The van der Waals surface area contributed by atoms with Gasteiger partial charge in [0, 0.05) is 21.7 Å². The van der Waals surface area contributed by atoms with E-state index in [1.54, 1.807) is 0 Å². The van der Waals surface area contributed by atoms with Crippen LogP contribution in [-0.2, 0) is 134 Å². The molecule has 0 unspecified atom stereocenters. The van der Waals surface area contributed by atoms with Gasteiger partial charge in [0.25, 0.3) is 0 Å². The van der Waals surface area contributed by atoms with Crippen LogP contribution in [0.2, 0.25) is 0 Å². The average molecular weight is 814 g/mol. The monoisotopic (exact) mass is 814 g/mol. The number of hydrogen-bond donors (Lipinski definition) is 11. The van der Waals surface area contributed by atoms with Gasteiger partial charge >= 0.3 is 98.7 Å². The smallest absolute Gasteiger partial charge is 0.542 e. The molecule has 0 atom stereocenters. The molecule has 0 aliphatic rings. The third-order valence-electron chi connectivity index (χ3n) is 2.39. The van der Waals surface area contributed by atoms with Crippen molar-refractivity contribution in [1.29, 1.82) is 0 Å². The van der Waals surface area contributed by atoms with Crippen molar-refractivity contribution >= 4 is 98.7 Å². The summed E-state index contributed by atoms with van der Waals surface area (Å²) in [6.45, 7) is 0. The Labute approximate surface area is 290 Å². The molecule has 0 aromatic carbocycles. The van der Waals surface area contributed by atoms with Crippen LogP contribution in [0.4, 0.5) is 0 Å². The van der Waals surface area contributed by atoms with Gasteiger partial charge in [-0.15, -0.1) is 0 Å². The summed E-state index contributed by atoms with van der Waals surface area (Å²) in [5.74, 6) is -26.3. The number of rotatable bonds is 3. The van der Waals surface area contributed by atoms with Gasteiger partial charge in [-0.2, -0.15) is 36.8 Å². The van der Waals surface area contributed by atoms with Gasteiger partial charge in [0.1, 0.15) is 0 Å². The van der Waals surface area contributed by atoms with Crippen molar-refractivity contribution in [2.75, 3.05) is 0 Å². The predicted molar refractivity (Wildman–Crippen MR) is 116 cm³/mol. The molecule has 11 N–H and O–H groups in total. The third kappa shape index (κ3) is 33.2. The SMILES string of the molecule is O=C(O)C(=O)OO.O=C(O)C(=O)OO.O=C(O)C(=O)OO.O=C(O)C(=O)OO.O=C(OO)C(=O)[O][Al]([O]C(=O)C(=O)OO)[O]C(=O)C(=O)OO.[Ti]. The summed E-state index contributed by atoms with van der Waals surface area (Å²) in [7, 11) is 0. The number of carboxylic acids is 4. The first kappa shape index (κ1) is 56.9. The van der Waals surface area contributed by atoms with Crippen LogP contribution < -0.4 is 0 Å². The summed E-state index contributed by atoms with van der Waals surface area (Å²) in [5, 5.41) is 82.9. The molecule has 0 heterocycles. The van der Waals surface area contributed by atoms with E-state index in [-0.39, 0.29) is 21.7 Å². The molecule has 0 rings (SSSR count). The molecule has 0 spiro atoms. The molecule has 0 aliphatic carbocycles. The van der Waals surface area contributed by atoms with Gasteiger partial charge in [0.15, 0.2) is 0 Å².